The van der Waals surface area contributed by atoms with Gasteiger partial charge in [0.1, 0.15) is 6.10 Å². The Balaban J connectivity index is 1.89. The van der Waals surface area contributed by atoms with Crippen LogP contribution in [0, 0.1) is 0 Å². The monoisotopic (exact) mass is 464 g/mol. The number of hydrogen-bond donors (Lipinski definition) is 0. The van der Waals surface area contributed by atoms with Crippen molar-refractivity contribution in [3.05, 3.63) is 68.1 Å². The molecule has 0 radical (unpaired) electrons. The molecule has 0 aromatic heterocycles. The zero-order chi connectivity index (χ0) is 15.7. The molecule has 1 aliphatic heterocycles. The fourth-order valence-corrected chi connectivity index (χ4v) is 3.84. The van der Waals surface area contributed by atoms with E-state index in [2.05, 4.69) is 31.9 Å². The van der Waals surface area contributed by atoms with Gasteiger partial charge in [-0.15, -0.1) is 0 Å². The number of hydrogen-bond acceptors (Lipinski definition) is 2. The summed E-state index contributed by atoms with van der Waals surface area (Å²) in [5.74, 6) is -0.811. The Labute approximate surface area is 156 Å². The molecule has 116 valence electrons. The van der Waals surface area contributed by atoms with E-state index in [1.165, 1.54) is 0 Å². The second-order valence-corrected chi connectivity index (χ2v) is 7.30. The first-order valence-electron chi connectivity index (χ1n) is 6.63. The van der Waals surface area contributed by atoms with Crippen molar-refractivity contribution in [3.8, 4) is 0 Å². The summed E-state index contributed by atoms with van der Waals surface area (Å²) in [6.07, 6.45) is -0.231. The van der Waals surface area contributed by atoms with Gasteiger partial charge < -0.3 is 9.47 Å². The lowest BCUT2D eigenvalue weighted by atomic mass is 10.1. The van der Waals surface area contributed by atoms with E-state index in [-0.39, 0.29) is 6.10 Å². The summed E-state index contributed by atoms with van der Waals surface area (Å²) in [5.41, 5.74) is 1.84. The molecular formula is C16H12Br2Cl2O2. The van der Waals surface area contributed by atoms with E-state index in [9.17, 15) is 0 Å². The average Bonchev–Trinajstić information content (AvgIpc) is 2.93. The van der Waals surface area contributed by atoms with Gasteiger partial charge >= 0.3 is 0 Å². The maximum absolute atomic E-state index is 6.27. The van der Waals surface area contributed by atoms with Crippen molar-refractivity contribution in [1.82, 2.24) is 0 Å². The first kappa shape index (κ1) is 16.7. The fourth-order valence-electron chi connectivity index (χ4n) is 2.43. The molecule has 22 heavy (non-hydrogen) atoms. The molecule has 1 saturated heterocycles. The summed E-state index contributed by atoms with van der Waals surface area (Å²) in [6.45, 7) is 0.434. The SMILES string of the molecule is Clc1ccc([C@H]2CO[C@@](CBr)(c3ccc(Br)cc3)O2)c(Cl)c1. The molecule has 3 rings (SSSR count). The lowest BCUT2D eigenvalue weighted by molar-refractivity contribution is -0.157. The number of benzene rings is 2. The molecule has 0 aliphatic carbocycles. The molecule has 1 heterocycles. The van der Waals surface area contributed by atoms with Gasteiger partial charge in [-0.05, 0) is 24.3 Å². The van der Waals surface area contributed by atoms with Gasteiger partial charge in [-0.3, -0.25) is 0 Å². The number of ether oxygens (including phenoxy) is 2. The summed E-state index contributed by atoms with van der Waals surface area (Å²) < 4.78 is 13.2. The van der Waals surface area contributed by atoms with Crippen LogP contribution in [0.3, 0.4) is 0 Å². The minimum absolute atomic E-state index is 0.231. The lowest BCUT2D eigenvalue weighted by Crippen LogP contribution is -2.29. The summed E-state index contributed by atoms with van der Waals surface area (Å²) in [6, 6.07) is 13.3. The van der Waals surface area contributed by atoms with Crippen LogP contribution in [-0.4, -0.2) is 11.9 Å². The summed E-state index contributed by atoms with van der Waals surface area (Å²) >= 11 is 19.2. The van der Waals surface area contributed by atoms with Crippen LogP contribution in [0.15, 0.2) is 46.9 Å². The maximum atomic E-state index is 6.27. The van der Waals surface area contributed by atoms with Crippen LogP contribution < -0.4 is 0 Å². The van der Waals surface area contributed by atoms with Crippen LogP contribution >= 0.6 is 55.1 Å². The molecule has 2 atom stereocenters. The number of rotatable bonds is 3. The molecule has 1 aliphatic rings. The van der Waals surface area contributed by atoms with Crippen molar-refractivity contribution >= 4 is 55.1 Å². The molecule has 1 fully saturated rings. The van der Waals surface area contributed by atoms with E-state index in [0.717, 1.165) is 15.6 Å². The molecular weight excluding hydrogens is 455 g/mol. The highest BCUT2D eigenvalue weighted by Crippen LogP contribution is 2.43. The normalized spacial score (nSPS) is 24.6. The smallest absolute Gasteiger partial charge is 0.205 e. The molecule has 2 aromatic rings. The van der Waals surface area contributed by atoms with E-state index in [1.807, 2.05) is 30.3 Å². The zero-order valence-corrected chi connectivity index (χ0v) is 16.0. The zero-order valence-electron chi connectivity index (χ0n) is 11.4. The van der Waals surface area contributed by atoms with Crippen LogP contribution in [0.4, 0.5) is 0 Å². The van der Waals surface area contributed by atoms with Crippen LogP contribution in [0.5, 0.6) is 0 Å². The Bertz CT molecular complexity index is 678. The minimum atomic E-state index is -0.811. The summed E-state index contributed by atoms with van der Waals surface area (Å²) in [5, 5.41) is 1.72. The first-order chi connectivity index (χ1) is 10.5. The van der Waals surface area contributed by atoms with Gasteiger partial charge in [-0.1, -0.05) is 73.3 Å². The number of alkyl halides is 1. The number of halogens is 4. The molecule has 2 aromatic carbocycles. The topological polar surface area (TPSA) is 18.5 Å². The molecule has 0 saturated carbocycles. The van der Waals surface area contributed by atoms with Gasteiger partial charge in [0, 0.05) is 25.6 Å². The van der Waals surface area contributed by atoms with E-state index >= 15 is 0 Å². The van der Waals surface area contributed by atoms with E-state index in [4.69, 9.17) is 32.7 Å². The Morgan fingerprint density at radius 2 is 1.86 bits per heavy atom. The second-order valence-electron chi connectivity index (χ2n) is 4.98. The van der Waals surface area contributed by atoms with Gasteiger partial charge in [0.25, 0.3) is 0 Å². The third-order valence-electron chi connectivity index (χ3n) is 3.57. The van der Waals surface area contributed by atoms with Gasteiger partial charge in [-0.25, -0.2) is 0 Å². The van der Waals surface area contributed by atoms with Crippen LogP contribution in [0.1, 0.15) is 17.2 Å². The predicted octanol–water partition coefficient (Wildman–Crippen LogP) is 6.09. The standard InChI is InChI=1S/C16H12Br2Cl2O2/c17-9-16(10-1-3-11(18)4-2-10)21-8-15(22-16)13-6-5-12(19)7-14(13)20/h1-7,15H,8-9H2/t15-,16-/m1/s1. The van der Waals surface area contributed by atoms with Crippen molar-refractivity contribution < 1.29 is 9.47 Å². The van der Waals surface area contributed by atoms with Crippen molar-refractivity contribution in [2.45, 2.75) is 11.9 Å². The molecule has 0 unspecified atom stereocenters. The lowest BCUT2D eigenvalue weighted by Gasteiger charge is -2.26. The first-order valence-corrected chi connectivity index (χ1v) is 9.30. The quantitative estimate of drug-likeness (QED) is 0.509. The van der Waals surface area contributed by atoms with Crippen LogP contribution in [0.2, 0.25) is 10.0 Å². The molecule has 0 bridgehead atoms. The highest BCUT2D eigenvalue weighted by molar-refractivity contribution is 9.10. The Morgan fingerprint density at radius 1 is 1.14 bits per heavy atom. The van der Waals surface area contributed by atoms with Crippen molar-refractivity contribution in [1.29, 1.82) is 0 Å². The fraction of sp³-hybridized carbons (Fsp3) is 0.250. The van der Waals surface area contributed by atoms with E-state index in [0.29, 0.717) is 22.0 Å². The second kappa shape index (κ2) is 6.80. The predicted molar refractivity (Wildman–Crippen MR) is 95.9 cm³/mol. The molecule has 0 amide bonds. The molecule has 2 nitrogen and oxygen atoms in total. The van der Waals surface area contributed by atoms with Gasteiger partial charge in [0.05, 0.1) is 11.9 Å². The highest BCUT2D eigenvalue weighted by Gasteiger charge is 2.43. The van der Waals surface area contributed by atoms with E-state index < -0.39 is 5.79 Å². The summed E-state index contributed by atoms with van der Waals surface area (Å²) in [7, 11) is 0. The third-order valence-corrected chi connectivity index (χ3v) is 5.40. The Morgan fingerprint density at radius 3 is 2.50 bits per heavy atom. The maximum Gasteiger partial charge on any atom is 0.205 e. The minimum Gasteiger partial charge on any atom is -0.342 e. The largest absolute Gasteiger partial charge is 0.342 e. The average molecular weight is 467 g/mol. The molecule has 6 heteroatoms. The van der Waals surface area contributed by atoms with Crippen molar-refractivity contribution in [2.24, 2.45) is 0 Å². The van der Waals surface area contributed by atoms with Gasteiger partial charge in [0.2, 0.25) is 5.79 Å². The van der Waals surface area contributed by atoms with Crippen molar-refractivity contribution in [3.63, 3.8) is 0 Å². The van der Waals surface area contributed by atoms with Crippen molar-refractivity contribution in [2.75, 3.05) is 11.9 Å². The summed E-state index contributed by atoms with van der Waals surface area (Å²) in [4.78, 5) is 0. The van der Waals surface area contributed by atoms with Gasteiger partial charge in [0.15, 0.2) is 0 Å². The van der Waals surface area contributed by atoms with E-state index in [1.54, 1.807) is 12.1 Å². The molecule has 0 N–H and O–H groups in total. The van der Waals surface area contributed by atoms with Crippen LogP contribution in [0.25, 0.3) is 0 Å². The van der Waals surface area contributed by atoms with Crippen LogP contribution in [-0.2, 0) is 15.3 Å². The highest BCUT2D eigenvalue weighted by atomic mass is 79.9. The Kier molecular flexibility index (Phi) is 5.17. The van der Waals surface area contributed by atoms with Gasteiger partial charge in [-0.2, -0.15) is 0 Å². The molecule has 0 spiro atoms. The Hall–Kier alpha value is -0.100. The third kappa shape index (κ3) is 3.23.